The zero-order chi connectivity index (χ0) is 16.4. The minimum absolute atomic E-state index is 0.188. The SMILES string of the molecule is Cc1ccc(NC(=O)C2[C@H]3CC[C@@H]4[C@H](CC[C@H]23)C4(Cl)Cl)c(C)c1. The lowest BCUT2D eigenvalue weighted by Crippen LogP contribution is -2.16. The van der Waals surface area contributed by atoms with Crippen molar-refractivity contribution in [2.24, 2.45) is 29.6 Å². The van der Waals surface area contributed by atoms with Crippen LogP contribution in [-0.4, -0.2) is 10.2 Å². The van der Waals surface area contributed by atoms with Crippen molar-refractivity contribution in [3.63, 3.8) is 0 Å². The molecule has 2 nitrogen and oxygen atoms in total. The molecule has 0 saturated heterocycles. The summed E-state index contributed by atoms with van der Waals surface area (Å²) in [4.78, 5) is 12.7. The normalized spacial score (nSPS) is 37.0. The minimum Gasteiger partial charge on any atom is -0.326 e. The number of carbonyl (C=O) groups excluding carboxylic acids is 1. The van der Waals surface area contributed by atoms with E-state index in [0.29, 0.717) is 23.7 Å². The van der Waals surface area contributed by atoms with Crippen LogP contribution in [0.5, 0.6) is 0 Å². The van der Waals surface area contributed by atoms with E-state index in [-0.39, 0.29) is 11.8 Å². The van der Waals surface area contributed by atoms with Crippen molar-refractivity contribution >= 4 is 34.8 Å². The van der Waals surface area contributed by atoms with Crippen LogP contribution >= 0.6 is 23.2 Å². The van der Waals surface area contributed by atoms with Crippen LogP contribution in [-0.2, 0) is 4.79 Å². The lowest BCUT2D eigenvalue weighted by molar-refractivity contribution is -0.117. The topological polar surface area (TPSA) is 29.1 Å². The van der Waals surface area contributed by atoms with Crippen molar-refractivity contribution in [3.05, 3.63) is 29.3 Å². The van der Waals surface area contributed by atoms with Gasteiger partial charge in [-0.05, 0) is 74.8 Å². The largest absolute Gasteiger partial charge is 0.326 e. The molecule has 0 aliphatic heterocycles. The highest BCUT2D eigenvalue weighted by molar-refractivity contribution is 6.51. The number of halogens is 2. The Hall–Kier alpha value is -0.730. The first kappa shape index (κ1) is 15.8. The van der Waals surface area contributed by atoms with E-state index >= 15 is 0 Å². The molecule has 1 unspecified atom stereocenters. The molecule has 3 aliphatic rings. The van der Waals surface area contributed by atoms with E-state index in [1.807, 2.05) is 19.1 Å². The smallest absolute Gasteiger partial charge is 0.228 e. The molecule has 3 fully saturated rings. The van der Waals surface area contributed by atoms with E-state index in [4.69, 9.17) is 23.2 Å². The lowest BCUT2D eigenvalue weighted by Gasteiger charge is -2.09. The van der Waals surface area contributed by atoms with Gasteiger partial charge < -0.3 is 5.32 Å². The zero-order valence-electron chi connectivity index (χ0n) is 13.6. The number of hydrogen-bond donors (Lipinski definition) is 1. The molecule has 0 spiro atoms. The van der Waals surface area contributed by atoms with Gasteiger partial charge in [0, 0.05) is 11.6 Å². The third-order valence-electron chi connectivity index (χ3n) is 6.26. The number of hydrogen-bond acceptors (Lipinski definition) is 1. The van der Waals surface area contributed by atoms with Gasteiger partial charge in [0.1, 0.15) is 4.33 Å². The average molecular weight is 352 g/mol. The van der Waals surface area contributed by atoms with Gasteiger partial charge in [-0.3, -0.25) is 4.79 Å². The molecule has 4 heteroatoms. The fourth-order valence-corrected chi connectivity index (χ4v) is 5.70. The molecule has 0 radical (unpaired) electrons. The van der Waals surface area contributed by atoms with Crippen LogP contribution in [0.2, 0.25) is 0 Å². The molecule has 1 amide bonds. The maximum absolute atomic E-state index is 12.7. The van der Waals surface area contributed by atoms with E-state index in [0.717, 1.165) is 36.9 Å². The van der Waals surface area contributed by atoms with Crippen LogP contribution in [0.25, 0.3) is 0 Å². The highest BCUT2D eigenvalue weighted by atomic mass is 35.5. The summed E-state index contributed by atoms with van der Waals surface area (Å²) < 4.78 is -0.479. The van der Waals surface area contributed by atoms with Gasteiger partial charge in [0.25, 0.3) is 0 Å². The van der Waals surface area contributed by atoms with E-state index in [2.05, 4.69) is 18.3 Å². The van der Waals surface area contributed by atoms with Gasteiger partial charge in [-0.2, -0.15) is 0 Å². The van der Waals surface area contributed by atoms with Gasteiger partial charge in [0.15, 0.2) is 0 Å². The van der Waals surface area contributed by atoms with Gasteiger partial charge in [0.2, 0.25) is 5.91 Å². The molecule has 5 atom stereocenters. The van der Waals surface area contributed by atoms with Gasteiger partial charge in [0.05, 0.1) is 0 Å². The van der Waals surface area contributed by atoms with Gasteiger partial charge >= 0.3 is 0 Å². The highest BCUT2D eigenvalue weighted by Crippen LogP contribution is 2.67. The zero-order valence-corrected chi connectivity index (χ0v) is 15.1. The maximum atomic E-state index is 12.7. The molecular weight excluding hydrogens is 329 g/mol. The average Bonchev–Trinajstić information content (AvgIpc) is 3.26. The Balaban J connectivity index is 1.40. The minimum atomic E-state index is -0.479. The summed E-state index contributed by atoms with van der Waals surface area (Å²) >= 11 is 12.7. The van der Waals surface area contributed by atoms with E-state index in [1.54, 1.807) is 0 Å². The van der Waals surface area contributed by atoms with E-state index in [1.165, 1.54) is 5.56 Å². The molecule has 4 rings (SSSR count). The summed E-state index contributed by atoms with van der Waals surface area (Å²) in [5, 5.41) is 3.14. The van der Waals surface area contributed by atoms with E-state index < -0.39 is 4.33 Å². The standard InChI is InChI=1S/C19H23Cl2NO/c1-10-3-8-16(11(2)9-10)22-18(23)17-12-4-6-14-15(19(14,20)21)7-5-13(12)17/h3,8-9,12-15,17H,4-7H2,1-2H3,(H,22,23)/t12-,13-,14-,15+,17?/m0/s1. The summed E-state index contributed by atoms with van der Waals surface area (Å²) in [7, 11) is 0. The summed E-state index contributed by atoms with van der Waals surface area (Å²) in [5.74, 6) is 2.36. The molecule has 0 aromatic heterocycles. The molecule has 3 aliphatic carbocycles. The quantitative estimate of drug-likeness (QED) is 0.738. The Labute approximate surface area is 147 Å². The first-order chi connectivity index (χ1) is 10.9. The van der Waals surface area contributed by atoms with Crippen molar-refractivity contribution < 1.29 is 4.79 Å². The Morgan fingerprint density at radius 3 is 2.26 bits per heavy atom. The second kappa shape index (κ2) is 5.39. The predicted octanol–water partition coefficient (Wildman–Crippen LogP) is 5.10. The van der Waals surface area contributed by atoms with Crippen molar-refractivity contribution in [1.82, 2.24) is 0 Å². The van der Waals surface area contributed by atoms with Crippen molar-refractivity contribution in [1.29, 1.82) is 0 Å². The first-order valence-corrected chi connectivity index (χ1v) is 9.41. The molecular formula is C19H23Cl2NO. The number of nitrogens with one attached hydrogen (secondary N) is 1. The second-order valence-corrected chi connectivity index (χ2v) is 9.15. The van der Waals surface area contributed by atoms with Crippen LogP contribution in [0.15, 0.2) is 18.2 Å². The maximum Gasteiger partial charge on any atom is 0.228 e. The number of alkyl halides is 2. The van der Waals surface area contributed by atoms with Gasteiger partial charge in [-0.25, -0.2) is 0 Å². The monoisotopic (exact) mass is 351 g/mol. The fraction of sp³-hybridized carbons (Fsp3) is 0.632. The molecule has 0 heterocycles. The second-order valence-electron chi connectivity index (χ2n) is 7.70. The Morgan fingerprint density at radius 2 is 1.70 bits per heavy atom. The highest BCUT2D eigenvalue weighted by Gasteiger charge is 2.65. The molecule has 1 N–H and O–H groups in total. The van der Waals surface area contributed by atoms with E-state index in [9.17, 15) is 4.79 Å². The first-order valence-electron chi connectivity index (χ1n) is 8.65. The molecule has 3 saturated carbocycles. The van der Waals surface area contributed by atoms with Crippen molar-refractivity contribution in [2.75, 3.05) is 5.32 Å². The number of fused-ring (bicyclic) bond motifs is 2. The Morgan fingerprint density at radius 1 is 1.09 bits per heavy atom. The number of rotatable bonds is 2. The summed E-state index contributed by atoms with van der Waals surface area (Å²) in [6.45, 7) is 4.12. The van der Waals surface area contributed by atoms with Crippen LogP contribution in [0.4, 0.5) is 5.69 Å². The van der Waals surface area contributed by atoms with Crippen molar-refractivity contribution in [3.8, 4) is 0 Å². The number of carbonyl (C=O) groups is 1. The van der Waals surface area contributed by atoms with Crippen LogP contribution in [0, 0.1) is 43.4 Å². The predicted molar refractivity (Wildman–Crippen MR) is 94.9 cm³/mol. The third kappa shape index (κ3) is 2.68. The number of benzene rings is 1. The summed E-state index contributed by atoms with van der Waals surface area (Å²) in [6, 6.07) is 6.17. The summed E-state index contributed by atoms with van der Waals surface area (Å²) in [6.07, 6.45) is 4.34. The third-order valence-corrected chi connectivity index (χ3v) is 7.38. The molecule has 23 heavy (non-hydrogen) atoms. The van der Waals surface area contributed by atoms with Crippen LogP contribution in [0.3, 0.4) is 0 Å². The fourth-order valence-electron chi connectivity index (χ4n) is 4.78. The molecule has 1 aromatic carbocycles. The number of aryl methyl sites for hydroxylation is 2. The van der Waals surface area contributed by atoms with Crippen LogP contribution in [0.1, 0.15) is 36.8 Å². The van der Waals surface area contributed by atoms with Crippen LogP contribution < -0.4 is 5.32 Å². The number of amides is 1. The van der Waals surface area contributed by atoms with Gasteiger partial charge in [-0.1, -0.05) is 17.7 Å². The number of anilines is 1. The Bertz CT molecular complexity index is 635. The summed E-state index contributed by atoms with van der Waals surface area (Å²) in [5.41, 5.74) is 3.30. The van der Waals surface area contributed by atoms with Gasteiger partial charge in [-0.15, -0.1) is 23.2 Å². The van der Waals surface area contributed by atoms with Crippen molar-refractivity contribution in [2.45, 2.75) is 43.9 Å². The molecule has 124 valence electrons. The molecule has 0 bridgehead atoms. The molecule has 1 aromatic rings. The lowest BCUT2D eigenvalue weighted by atomic mass is 10.0. The Kier molecular flexibility index (Phi) is 3.70.